The molecule has 7 heteroatoms. The molecule has 0 saturated heterocycles. The summed E-state index contributed by atoms with van der Waals surface area (Å²) in [6, 6.07) is 3.77. The van der Waals surface area contributed by atoms with Gasteiger partial charge in [0.2, 0.25) is 0 Å². The number of ether oxygens (including phenoxy) is 1. The average Bonchev–Trinajstić information content (AvgIpc) is 2.13. The maximum Gasteiger partial charge on any atom is 0.573 e. The van der Waals surface area contributed by atoms with Gasteiger partial charge in [-0.05, 0) is 18.6 Å². The Morgan fingerprint density at radius 2 is 2.06 bits per heavy atom. The van der Waals surface area contributed by atoms with Crippen LogP contribution in [0, 0.1) is 0 Å². The van der Waals surface area contributed by atoms with Crippen molar-refractivity contribution in [3.63, 3.8) is 0 Å². The van der Waals surface area contributed by atoms with Gasteiger partial charge in [0, 0.05) is 17.0 Å². The Balaban J connectivity index is 2.96. The maximum absolute atomic E-state index is 12.1. The van der Waals surface area contributed by atoms with Crippen molar-refractivity contribution in [1.82, 2.24) is 0 Å². The first kappa shape index (κ1) is 13.6. The second kappa shape index (κ2) is 5.27. The molecule has 0 aliphatic heterocycles. The highest BCUT2D eigenvalue weighted by molar-refractivity contribution is 6.31. The summed E-state index contributed by atoms with van der Waals surface area (Å²) in [5.74, 6) is -1.59. The number of carboxylic acids is 1. The Kier molecular flexibility index (Phi) is 4.22. The quantitative estimate of drug-likeness (QED) is 0.912. The van der Waals surface area contributed by atoms with Crippen LogP contribution in [0.3, 0.4) is 0 Å². The molecule has 0 amide bonds. The van der Waals surface area contributed by atoms with Gasteiger partial charge in [0.05, 0.1) is 0 Å². The van der Waals surface area contributed by atoms with Gasteiger partial charge < -0.3 is 9.84 Å². The van der Waals surface area contributed by atoms with Crippen LogP contribution in [0.15, 0.2) is 18.2 Å². The van der Waals surface area contributed by atoms with Crippen molar-refractivity contribution in [2.24, 2.45) is 0 Å². The largest absolute Gasteiger partial charge is 0.573 e. The van der Waals surface area contributed by atoms with E-state index in [-0.39, 0.29) is 23.4 Å². The standard InChI is InChI=1S/C10H8ClF3O3/c11-7-2-1-3-8(17-10(12,13)14)6(7)4-5-9(15)16/h1-3H,4-5H2,(H,15,16). The van der Waals surface area contributed by atoms with Crippen LogP contribution in [0.2, 0.25) is 5.02 Å². The molecule has 0 radical (unpaired) electrons. The second-order valence-corrected chi connectivity index (χ2v) is 3.57. The van der Waals surface area contributed by atoms with Gasteiger partial charge in [0.25, 0.3) is 0 Å². The Labute approximate surface area is 99.8 Å². The molecule has 3 nitrogen and oxygen atoms in total. The first-order valence-electron chi connectivity index (χ1n) is 4.54. The van der Waals surface area contributed by atoms with Crippen LogP contribution in [0.5, 0.6) is 5.75 Å². The number of aliphatic carboxylic acids is 1. The molecule has 17 heavy (non-hydrogen) atoms. The Hall–Kier alpha value is -1.43. The van der Waals surface area contributed by atoms with Crippen molar-refractivity contribution in [1.29, 1.82) is 0 Å². The molecule has 0 atom stereocenters. The molecule has 1 aromatic rings. The molecule has 0 aliphatic rings. The lowest BCUT2D eigenvalue weighted by Gasteiger charge is -2.13. The summed E-state index contributed by atoms with van der Waals surface area (Å²) in [5.41, 5.74) is 0.0360. The van der Waals surface area contributed by atoms with Crippen LogP contribution >= 0.6 is 11.6 Å². The molecule has 0 saturated carbocycles. The lowest BCUT2D eigenvalue weighted by molar-refractivity contribution is -0.274. The molecule has 0 unspecified atom stereocenters. The number of carboxylic acid groups (broad SMARTS) is 1. The van der Waals surface area contributed by atoms with Crippen LogP contribution in [0.1, 0.15) is 12.0 Å². The van der Waals surface area contributed by atoms with E-state index in [9.17, 15) is 18.0 Å². The molecule has 1 N–H and O–H groups in total. The first-order valence-corrected chi connectivity index (χ1v) is 4.92. The molecular formula is C10H8ClF3O3. The normalized spacial score (nSPS) is 11.3. The molecule has 0 spiro atoms. The fraction of sp³-hybridized carbons (Fsp3) is 0.300. The SMILES string of the molecule is O=C(O)CCc1c(Cl)cccc1OC(F)(F)F. The van der Waals surface area contributed by atoms with Crippen LogP contribution in [-0.4, -0.2) is 17.4 Å². The highest BCUT2D eigenvalue weighted by Gasteiger charge is 2.32. The van der Waals surface area contributed by atoms with Crippen LogP contribution in [0.4, 0.5) is 13.2 Å². The zero-order chi connectivity index (χ0) is 13.1. The van der Waals surface area contributed by atoms with Gasteiger partial charge in [-0.15, -0.1) is 13.2 Å². The molecule has 94 valence electrons. The van der Waals surface area contributed by atoms with Crippen molar-refractivity contribution < 1.29 is 27.8 Å². The molecule has 0 heterocycles. The molecule has 1 rings (SSSR count). The molecular weight excluding hydrogens is 261 g/mol. The molecule has 0 fully saturated rings. The summed E-state index contributed by atoms with van der Waals surface area (Å²) in [6.45, 7) is 0. The number of alkyl halides is 3. The molecule has 0 aromatic heterocycles. The molecule has 0 aliphatic carbocycles. The predicted molar refractivity (Wildman–Crippen MR) is 54.1 cm³/mol. The van der Waals surface area contributed by atoms with E-state index < -0.39 is 18.1 Å². The number of benzene rings is 1. The van der Waals surface area contributed by atoms with Gasteiger partial charge in [0.1, 0.15) is 5.75 Å². The van der Waals surface area contributed by atoms with Gasteiger partial charge in [-0.2, -0.15) is 0 Å². The van der Waals surface area contributed by atoms with Gasteiger partial charge in [-0.1, -0.05) is 17.7 Å². The predicted octanol–water partition coefficient (Wildman–Crippen LogP) is 3.26. The van der Waals surface area contributed by atoms with Crippen molar-refractivity contribution in [3.05, 3.63) is 28.8 Å². The summed E-state index contributed by atoms with van der Waals surface area (Å²) in [4.78, 5) is 10.4. The van der Waals surface area contributed by atoms with Crippen molar-refractivity contribution in [2.45, 2.75) is 19.2 Å². The van der Waals surface area contributed by atoms with Crippen molar-refractivity contribution in [3.8, 4) is 5.75 Å². The Morgan fingerprint density at radius 1 is 1.41 bits per heavy atom. The third kappa shape index (κ3) is 4.52. The summed E-state index contributed by atoms with van der Waals surface area (Å²) in [7, 11) is 0. The van der Waals surface area contributed by atoms with Crippen LogP contribution < -0.4 is 4.74 Å². The zero-order valence-electron chi connectivity index (χ0n) is 8.42. The number of halogens is 4. The van der Waals surface area contributed by atoms with Gasteiger partial charge >= 0.3 is 12.3 Å². The summed E-state index contributed by atoms with van der Waals surface area (Å²) < 4.78 is 40.0. The summed E-state index contributed by atoms with van der Waals surface area (Å²) in [6.07, 6.45) is -5.28. The van der Waals surface area contributed by atoms with Crippen molar-refractivity contribution >= 4 is 17.6 Å². The number of carbonyl (C=O) groups is 1. The zero-order valence-corrected chi connectivity index (χ0v) is 9.18. The second-order valence-electron chi connectivity index (χ2n) is 3.16. The third-order valence-electron chi connectivity index (χ3n) is 1.89. The fourth-order valence-electron chi connectivity index (χ4n) is 1.23. The van der Waals surface area contributed by atoms with E-state index in [2.05, 4.69) is 4.74 Å². The smallest absolute Gasteiger partial charge is 0.481 e. The van der Waals surface area contributed by atoms with Crippen molar-refractivity contribution in [2.75, 3.05) is 0 Å². The van der Waals surface area contributed by atoms with Crippen LogP contribution in [0.25, 0.3) is 0 Å². The lowest BCUT2D eigenvalue weighted by atomic mass is 10.1. The highest BCUT2D eigenvalue weighted by atomic mass is 35.5. The number of hydrogen-bond donors (Lipinski definition) is 1. The van der Waals surface area contributed by atoms with E-state index in [1.807, 2.05) is 0 Å². The minimum absolute atomic E-state index is 0.0360. The summed E-state index contributed by atoms with van der Waals surface area (Å²) >= 11 is 5.70. The van der Waals surface area contributed by atoms with E-state index in [0.717, 1.165) is 6.07 Å². The monoisotopic (exact) mass is 268 g/mol. The maximum atomic E-state index is 12.1. The van der Waals surface area contributed by atoms with Gasteiger partial charge in [-0.25, -0.2) is 0 Å². The number of rotatable bonds is 4. The minimum atomic E-state index is -4.83. The average molecular weight is 269 g/mol. The summed E-state index contributed by atoms with van der Waals surface area (Å²) in [5, 5.41) is 8.53. The minimum Gasteiger partial charge on any atom is -0.481 e. The Morgan fingerprint density at radius 3 is 2.59 bits per heavy atom. The molecule has 1 aromatic carbocycles. The Bertz CT molecular complexity index is 418. The van der Waals surface area contributed by atoms with Gasteiger partial charge in [0.15, 0.2) is 0 Å². The lowest BCUT2D eigenvalue weighted by Crippen LogP contribution is -2.18. The van der Waals surface area contributed by atoms with E-state index in [0.29, 0.717) is 0 Å². The van der Waals surface area contributed by atoms with Crippen LogP contribution in [-0.2, 0) is 11.2 Å². The fourth-order valence-corrected chi connectivity index (χ4v) is 1.49. The van der Waals surface area contributed by atoms with Gasteiger partial charge in [-0.3, -0.25) is 4.79 Å². The molecule has 0 bridgehead atoms. The van der Waals surface area contributed by atoms with E-state index in [1.54, 1.807) is 0 Å². The van der Waals surface area contributed by atoms with E-state index in [1.165, 1.54) is 12.1 Å². The highest BCUT2D eigenvalue weighted by Crippen LogP contribution is 2.31. The van der Waals surface area contributed by atoms with E-state index in [4.69, 9.17) is 16.7 Å². The topological polar surface area (TPSA) is 46.5 Å². The van der Waals surface area contributed by atoms with E-state index >= 15 is 0 Å². The third-order valence-corrected chi connectivity index (χ3v) is 2.24. The first-order chi connectivity index (χ1) is 7.79. The number of hydrogen-bond acceptors (Lipinski definition) is 2.